The summed E-state index contributed by atoms with van der Waals surface area (Å²) in [6, 6.07) is 2.17. The van der Waals surface area contributed by atoms with Gasteiger partial charge in [0, 0.05) is 52.0 Å². The zero-order valence-electron chi connectivity index (χ0n) is 14.2. The summed E-state index contributed by atoms with van der Waals surface area (Å²) in [6.45, 7) is 4.31. The molecule has 0 unspecified atom stereocenters. The normalized spacial score (nSPS) is 18.2. The second-order valence-corrected chi connectivity index (χ2v) is 7.25. The summed E-state index contributed by atoms with van der Waals surface area (Å²) in [4.78, 5) is 20.1. The lowest BCUT2D eigenvalue weighted by Gasteiger charge is -2.23. The van der Waals surface area contributed by atoms with E-state index >= 15 is 0 Å². The number of rotatable bonds is 6. The Labute approximate surface area is 146 Å². The van der Waals surface area contributed by atoms with Gasteiger partial charge in [0.05, 0.1) is 13.2 Å². The molecule has 0 spiro atoms. The molecule has 24 heavy (non-hydrogen) atoms. The molecular formula is C17H24N4O2S. The van der Waals surface area contributed by atoms with E-state index in [9.17, 15) is 4.79 Å². The highest BCUT2D eigenvalue weighted by Gasteiger charge is 2.23. The molecule has 0 bridgehead atoms. The van der Waals surface area contributed by atoms with Crippen LogP contribution in [-0.2, 0) is 29.2 Å². The van der Waals surface area contributed by atoms with Crippen LogP contribution in [0.3, 0.4) is 0 Å². The minimum absolute atomic E-state index is 0.00192. The number of carbonyl (C=O) groups excluding carboxylic acids is 1. The highest BCUT2D eigenvalue weighted by atomic mass is 32.1. The van der Waals surface area contributed by atoms with E-state index in [1.54, 1.807) is 30.3 Å². The number of fused-ring (bicyclic) bond motifs is 1. The fourth-order valence-electron chi connectivity index (χ4n) is 2.93. The van der Waals surface area contributed by atoms with Crippen molar-refractivity contribution in [3.8, 4) is 0 Å². The summed E-state index contributed by atoms with van der Waals surface area (Å²) in [6.07, 6.45) is 3.89. The molecule has 7 heteroatoms. The zero-order valence-corrected chi connectivity index (χ0v) is 15.0. The summed E-state index contributed by atoms with van der Waals surface area (Å²) < 4.78 is 7.88. The maximum atomic E-state index is 11.7. The van der Waals surface area contributed by atoms with E-state index in [0.29, 0.717) is 12.5 Å². The lowest BCUT2D eigenvalue weighted by molar-refractivity contribution is -0.134. The number of imidazole rings is 1. The first-order chi connectivity index (χ1) is 11.6. The maximum absolute atomic E-state index is 11.7. The van der Waals surface area contributed by atoms with Crippen molar-refractivity contribution in [2.45, 2.75) is 19.6 Å². The molecule has 0 aliphatic carbocycles. The summed E-state index contributed by atoms with van der Waals surface area (Å²) in [5.74, 6) is 1.44. The summed E-state index contributed by atoms with van der Waals surface area (Å²) in [5.41, 5.74) is 1.34. The Hall–Kier alpha value is -1.70. The van der Waals surface area contributed by atoms with E-state index in [4.69, 9.17) is 4.74 Å². The van der Waals surface area contributed by atoms with Crippen molar-refractivity contribution in [1.29, 1.82) is 0 Å². The standard InChI is InChI=1S/C17H24N4O2S/c1-19(2)17(22)12-23-11-15-8-20(7-14-3-6-24-13-14)10-16-18-4-5-21(16)9-15/h3-6,13,15H,7-12H2,1-2H3/t15-/m0/s1. The molecule has 1 amide bonds. The SMILES string of the molecule is CN(C)C(=O)COC[C@H]1CN(Cc2ccsc2)Cc2nccn2C1. The highest BCUT2D eigenvalue weighted by Crippen LogP contribution is 2.19. The zero-order chi connectivity index (χ0) is 16.9. The van der Waals surface area contributed by atoms with Crippen LogP contribution in [-0.4, -0.2) is 59.1 Å². The van der Waals surface area contributed by atoms with Crippen LogP contribution in [0.15, 0.2) is 29.2 Å². The van der Waals surface area contributed by atoms with Crippen LogP contribution in [0.2, 0.25) is 0 Å². The fourth-order valence-corrected chi connectivity index (χ4v) is 3.59. The topological polar surface area (TPSA) is 50.6 Å². The molecule has 0 saturated heterocycles. The van der Waals surface area contributed by atoms with Crippen LogP contribution in [0.4, 0.5) is 0 Å². The minimum atomic E-state index is 0.00192. The third kappa shape index (κ3) is 4.43. The van der Waals surface area contributed by atoms with Crippen molar-refractivity contribution < 1.29 is 9.53 Å². The number of thiophene rings is 1. The van der Waals surface area contributed by atoms with Gasteiger partial charge in [-0.1, -0.05) is 0 Å². The van der Waals surface area contributed by atoms with Crippen molar-refractivity contribution in [2.24, 2.45) is 5.92 Å². The number of hydrogen-bond donors (Lipinski definition) is 0. The number of carbonyl (C=O) groups is 1. The second-order valence-electron chi connectivity index (χ2n) is 6.47. The van der Waals surface area contributed by atoms with E-state index in [1.165, 1.54) is 5.56 Å². The number of aromatic nitrogens is 2. The minimum Gasteiger partial charge on any atom is -0.371 e. The van der Waals surface area contributed by atoms with Gasteiger partial charge in [0.1, 0.15) is 12.4 Å². The Balaban J connectivity index is 1.62. The number of ether oxygens (including phenoxy) is 1. The van der Waals surface area contributed by atoms with Crippen LogP contribution in [0.1, 0.15) is 11.4 Å². The van der Waals surface area contributed by atoms with Gasteiger partial charge in [-0.25, -0.2) is 4.98 Å². The average molecular weight is 348 g/mol. The summed E-state index contributed by atoms with van der Waals surface area (Å²) in [7, 11) is 3.50. The molecule has 6 nitrogen and oxygen atoms in total. The Bertz CT molecular complexity index is 653. The number of hydrogen-bond acceptors (Lipinski definition) is 5. The molecular weight excluding hydrogens is 324 g/mol. The van der Waals surface area contributed by atoms with Crippen LogP contribution in [0, 0.1) is 5.92 Å². The number of likely N-dealkylation sites (N-methyl/N-ethyl adjacent to an activating group) is 1. The molecule has 3 rings (SSSR count). The molecule has 0 aromatic carbocycles. The van der Waals surface area contributed by atoms with Crippen LogP contribution < -0.4 is 0 Å². The number of nitrogens with zero attached hydrogens (tertiary/aromatic N) is 4. The van der Waals surface area contributed by atoms with E-state index in [-0.39, 0.29) is 12.5 Å². The molecule has 2 aromatic heterocycles. The quantitative estimate of drug-likeness (QED) is 0.797. The van der Waals surface area contributed by atoms with E-state index < -0.39 is 0 Å². The van der Waals surface area contributed by atoms with E-state index in [2.05, 4.69) is 31.3 Å². The van der Waals surface area contributed by atoms with Gasteiger partial charge in [-0.15, -0.1) is 0 Å². The van der Waals surface area contributed by atoms with E-state index in [0.717, 1.165) is 32.0 Å². The Kier molecular flexibility index (Phi) is 5.65. The Morgan fingerprint density at radius 1 is 1.46 bits per heavy atom. The lowest BCUT2D eigenvalue weighted by atomic mass is 10.1. The van der Waals surface area contributed by atoms with Crippen molar-refractivity contribution >= 4 is 17.2 Å². The third-order valence-corrected chi connectivity index (χ3v) is 4.93. The molecule has 3 heterocycles. The first-order valence-electron chi connectivity index (χ1n) is 8.13. The van der Waals surface area contributed by atoms with Crippen LogP contribution in [0.5, 0.6) is 0 Å². The first kappa shape index (κ1) is 17.1. The maximum Gasteiger partial charge on any atom is 0.248 e. The van der Waals surface area contributed by atoms with Gasteiger partial charge in [-0.2, -0.15) is 11.3 Å². The molecule has 1 aliphatic rings. The van der Waals surface area contributed by atoms with Crippen molar-refractivity contribution in [3.63, 3.8) is 0 Å². The fraction of sp³-hybridized carbons (Fsp3) is 0.529. The van der Waals surface area contributed by atoms with Gasteiger partial charge in [0.15, 0.2) is 0 Å². The largest absolute Gasteiger partial charge is 0.371 e. The van der Waals surface area contributed by atoms with Gasteiger partial charge in [0.25, 0.3) is 0 Å². The smallest absolute Gasteiger partial charge is 0.248 e. The molecule has 0 saturated carbocycles. The lowest BCUT2D eigenvalue weighted by Crippen LogP contribution is -2.32. The predicted octanol–water partition coefficient (Wildman–Crippen LogP) is 1.68. The van der Waals surface area contributed by atoms with Gasteiger partial charge < -0.3 is 14.2 Å². The first-order valence-corrected chi connectivity index (χ1v) is 9.07. The molecule has 130 valence electrons. The van der Waals surface area contributed by atoms with Gasteiger partial charge in [-0.05, 0) is 22.4 Å². The molecule has 1 aliphatic heterocycles. The molecule has 0 fully saturated rings. The molecule has 0 N–H and O–H groups in total. The van der Waals surface area contributed by atoms with Gasteiger partial charge in [0.2, 0.25) is 5.91 Å². The highest BCUT2D eigenvalue weighted by molar-refractivity contribution is 7.07. The Morgan fingerprint density at radius 2 is 2.33 bits per heavy atom. The van der Waals surface area contributed by atoms with Crippen LogP contribution in [0.25, 0.3) is 0 Å². The van der Waals surface area contributed by atoms with Gasteiger partial charge in [-0.3, -0.25) is 9.69 Å². The molecule has 2 aromatic rings. The third-order valence-electron chi connectivity index (χ3n) is 4.20. The predicted molar refractivity (Wildman–Crippen MR) is 93.7 cm³/mol. The summed E-state index contributed by atoms with van der Waals surface area (Å²) >= 11 is 1.73. The summed E-state index contributed by atoms with van der Waals surface area (Å²) in [5, 5.41) is 4.31. The average Bonchev–Trinajstić information content (AvgIpc) is 3.16. The van der Waals surface area contributed by atoms with Gasteiger partial charge >= 0.3 is 0 Å². The second kappa shape index (κ2) is 7.92. The van der Waals surface area contributed by atoms with Crippen molar-refractivity contribution in [3.05, 3.63) is 40.6 Å². The van der Waals surface area contributed by atoms with E-state index in [1.807, 2.05) is 12.4 Å². The monoisotopic (exact) mass is 348 g/mol. The van der Waals surface area contributed by atoms with Crippen molar-refractivity contribution in [1.82, 2.24) is 19.4 Å². The van der Waals surface area contributed by atoms with Crippen molar-refractivity contribution in [2.75, 3.05) is 33.9 Å². The van der Waals surface area contributed by atoms with Crippen LogP contribution >= 0.6 is 11.3 Å². The Morgan fingerprint density at radius 3 is 3.08 bits per heavy atom. The number of amides is 1. The molecule has 0 radical (unpaired) electrons. The molecule has 1 atom stereocenters.